The number of alkyl halides is 3. The number of benzene rings is 3. The molecule has 220 valence electrons. The van der Waals surface area contributed by atoms with Gasteiger partial charge in [-0.3, -0.25) is 9.52 Å². The molecule has 0 spiro atoms. The van der Waals surface area contributed by atoms with E-state index in [0.717, 1.165) is 37.4 Å². The van der Waals surface area contributed by atoms with Crippen molar-refractivity contribution in [3.8, 4) is 0 Å². The summed E-state index contributed by atoms with van der Waals surface area (Å²) in [7, 11) is -3.77. The van der Waals surface area contributed by atoms with Crippen molar-refractivity contribution in [2.75, 3.05) is 42.3 Å². The first kappa shape index (κ1) is 31.4. The summed E-state index contributed by atoms with van der Waals surface area (Å²) in [4.78, 5) is 26.8. The zero-order valence-corrected chi connectivity index (χ0v) is 23.1. The van der Waals surface area contributed by atoms with Crippen LogP contribution in [0.5, 0.6) is 0 Å². The molecule has 0 atom stereocenters. The monoisotopic (exact) mass is 592 g/mol. The summed E-state index contributed by atoms with van der Waals surface area (Å²) in [6.45, 7) is 6.19. The average Bonchev–Trinajstić information content (AvgIpc) is 2.96. The van der Waals surface area contributed by atoms with Crippen molar-refractivity contribution in [2.24, 2.45) is 0 Å². The number of carboxylic acids is 1. The van der Waals surface area contributed by atoms with E-state index in [1.54, 1.807) is 47.4 Å². The van der Waals surface area contributed by atoms with Crippen LogP contribution in [0.2, 0.25) is 0 Å². The summed E-state index contributed by atoms with van der Waals surface area (Å²) in [5.41, 5.74) is 2.72. The number of piperazine rings is 1. The fourth-order valence-corrected chi connectivity index (χ4v) is 5.14. The number of aliphatic carboxylic acids is 1. The highest BCUT2D eigenvalue weighted by Gasteiger charge is 2.38. The van der Waals surface area contributed by atoms with E-state index in [1.165, 1.54) is 0 Å². The van der Waals surface area contributed by atoms with Crippen molar-refractivity contribution < 1.29 is 36.3 Å². The molecule has 0 aromatic heterocycles. The third-order valence-corrected chi connectivity index (χ3v) is 7.52. The van der Waals surface area contributed by atoms with Crippen molar-refractivity contribution in [3.05, 3.63) is 90.0 Å². The van der Waals surface area contributed by atoms with E-state index in [9.17, 15) is 26.4 Å². The second kappa shape index (κ2) is 14.0. The molecule has 41 heavy (non-hydrogen) atoms. The molecular weight excluding hydrogens is 561 g/mol. The van der Waals surface area contributed by atoms with Gasteiger partial charge in [-0.05, 0) is 42.8 Å². The molecule has 0 unspecified atom stereocenters. The number of carboxylic acid groups (broad SMARTS) is 1. The topological polar surface area (TPSA) is 119 Å². The Balaban J connectivity index is 0.000000587. The summed E-state index contributed by atoms with van der Waals surface area (Å²) < 4.78 is 60.1. The van der Waals surface area contributed by atoms with E-state index >= 15 is 0 Å². The maximum absolute atomic E-state index is 13.7. The highest BCUT2D eigenvalue weighted by molar-refractivity contribution is 7.92. The number of anilines is 2. The molecule has 13 heteroatoms. The van der Waals surface area contributed by atoms with E-state index in [2.05, 4.69) is 14.9 Å². The van der Waals surface area contributed by atoms with E-state index in [4.69, 9.17) is 9.90 Å². The number of amides is 1. The van der Waals surface area contributed by atoms with Crippen molar-refractivity contribution in [1.29, 1.82) is 0 Å². The van der Waals surface area contributed by atoms with Gasteiger partial charge in [-0.25, -0.2) is 13.2 Å². The minimum atomic E-state index is -5.08. The van der Waals surface area contributed by atoms with Crippen LogP contribution in [0.3, 0.4) is 0 Å². The molecule has 1 saturated heterocycles. The molecule has 1 heterocycles. The number of nitrogens with one attached hydrogen (secondary N) is 2. The van der Waals surface area contributed by atoms with Crippen LogP contribution in [-0.2, 0) is 21.4 Å². The molecule has 1 fully saturated rings. The standard InChI is InChI=1S/C26H30N4O3S.C2HF3O2/c1-2-29(20-21-9-5-3-6-10-21)26(31)24-19-22(13-14-25(24)30-17-15-27-16-18-30)28-34(32,33)23-11-7-4-8-12-23;3-2(4,5)1(6)7/h3-14,19,27-28H,2,15-18,20H2,1H3;(H,6,7). The molecule has 1 amide bonds. The predicted molar refractivity (Wildman–Crippen MR) is 149 cm³/mol. The van der Waals surface area contributed by atoms with Gasteiger partial charge in [0.05, 0.1) is 10.5 Å². The fourth-order valence-electron chi connectivity index (χ4n) is 4.07. The van der Waals surface area contributed by atoms with Crippen molar-refractivity contribution in [3.63, 3.8) is 0 Å². The lowest BCUT2D eigenvalue weighted by Crippen LogP contribution is -2.44. The Labute approximate surface area is 236 Å². The highest BCUT2D eigenvalue weighted by Crippen LogP contribution is 2.28. The van der Waals surface area contributed by atoms with Crippen LogP contribution < -0.4 is 14.9 Å². The van der Waals surface area contributed by atoms with Crippen molar-refractivity contribution in [2.45, 2.75) is 24.5 Å². The van der Waals surface area contributed by atoms with Gasteiger partial charge in [-0.2, -0.15) is 13.2 Å². The Morgan fingerprint density at radius 1 is 0.976 bits per heavy atom. The lowest BCUT2D eigenvalue weighted by molar-refractivity contribution is -0.192. The largest absolute Gasteiger partial charge is 0.490 e. The molecular formula is C28H31F3N4O5S. The molecule has 0 saturated carbocycles. The minimum Gasteiger partial charge on any atom is -0.475 e. The van der Waals surface area contributed by atoms with Crippen LogP contribution in [-0.4, -0.2) is 69.2 Å². The Morgan fingerprint density at radius 3 is 2.07 bits per heavy atom. The van der Waals surface area contributed by atoms with Gasteiger partial charge in [0.25, 0.3) is 15.9 Å². The van der Waals surface area contributed by atoms with Crippen LogP contribution in [0.4, 0.5) is 24.5 Å². The summed E-state index contributed by atoms with van der Waals surface area (Å²) in [6.07, 6.45) is -5.08. The number of hydrogen-bond donors (Lipinski definition) is 3. The number of carbonyl (C=O) groups excluding carboxylic acids is 1. The Hall–Kier alpha value is -4.10. The third-order valence-electron chi connectivity index (χ3n) is 6.12. The first-order valence-corrected chi connectivity index (χ1v) is 14.2. The molecule has 1 aliphatic heterocycles. The Bertz CT molecular complexity index is 1420. The number of sulfonamides is 1. The number of rotatable bonds is 8. The first-order valence-electron chi connectivity index (χ1n) is 12.7. The molecule has 3 aromatic carbocycles. The second-order valence-corrected chi connectivity index (χ2v) is 10.7. The van der Waals surface area contributed by atoms with Gasteiger partial charge in [0.15, 0.2) is 0 Å². The summed E-state index contributed by atoms with van der Waals surface area (Å²) in [6, 6.07) is 23.3. The Morgan fingerprint density at radius 2 is 1.54 bits per heavy atom. The molecule has 4 rings (SSSR count). The van der Waals surface area contributed by atoms with Gasteiger partial charge in [0.2, 0.25) is 0 Å². The smallest absolute Gasteiger partial charge is 0.475 e. The van der Waals surface area contributed by atoms with Crippen LogP contribution >= 0.6 is 0 Å². The molecule has 0 aliphatic carbocycles. The van der Waals surface area contributed by atoms with Crippen LogP contribution in [0, 0.1) is 0 Å². The zero-order chi connectivity index (χ0) is 30.0. The molecule has 3 N–H and O–H groups in total. The third kappa shape index (κ3) is 8.95. The van der Waals surface area contributed by atoms with Crippen LogP contribution in [0.15, 0.2) is 83.8 Å². The van der Waals surface area contributed by atoms with Gasteiger partial charge in [0.1, 0.15) is 0 Å². The van der Waals surface area contributed by atoms with E-state index in [0.29, 0.717) is 24.3 Å². The zero-order valence-electron chi connectivity index (χ0n) is 22.3. The second-order valence-electron chi connectivity index (χ2n) is 9.00. The number of halogens is 3. The predicted octanol–water partition coefficient (Wildman–Crippen LogP) is 4.19. The fraction of sp³-hybridized carbons (Fsp3) is 0.286. The molecule has 9 nitrogen and oxygen atoms in total. The molecule has 1 aliphatic rings. The maximum atomic E-state index is 13.7. The van der Waals surface area contributed by atoms with Gasteiger partial charge < -0.3 is 20.2 Å². The summed E-state index contributed by atoms with van der Waals surface area (Å²) in [5.74, 6) is -2.88. The maximum Gasteiger partial charge on any atom is 0.490 e. The van der Waals surface area contributed by atoms with E-state index < -0.39 is 22.2 Å². The molecule has 0 bridgehead atoms. The summed E-state index contributed by atoms with van der Waals surface area (Å²) in [5, 5.41) is 10.5. The molecule has 3 aromatic rings. The summed E-state index contributed by atoms with van der Waals surface area (Å²) >= 11 is 0. The quantitative estimate of drug-likeness (QED) is 0.359. The van der Waals surface area contributed by atoms with Gasteiger partial charge >= 0.3 is 12.1 Å². The number of nitrogens with zero attached hydrogens (tertiary/aromatic N) is 2. The first-order chi connectivity index (χ1) is 19.4. The Kier molecular flexibility index (Phi) is 10.7. The van der Waals surface area contributed by atoms with Gasteiger partial charge in [-0.1, -0.05) is 48.5 Å². The SMILES string of the molecule is CCN(Cc1ccccc1)C(=O)c1cc(NS(=O)(=O)c2ccccc2)ccc1N1CCNCC1.O=C(O)C(F)(F)F. The lowest BCUT2D eigenvalue weighted by Gasteiger charge is -2.32. The highest BCUT2D eigenvalue weighted by atomic mass is 32.2. The van der Waals surface area contributed by atoms with E-state index in [1.807, 2.05) is 43.3 Å². The van der Waals surface area contributed by atoms with Crippen LogP contribution in [0.25, 0.3) is 0 Å². The normalized spacial score (nSPS) is 13.5. The van der Waals surface area contributed by atoms with Crippen molar-refractivity contribution >= 4 is 33.3 Å². The van der Waals surface area contributed by atoms with Crippen molar-refractivity contribution in [1.82, 2.24) is 10.2 Å². The molecule has 0 radical (unpaired) electrons. The van der Waals surface area contributed by atoms with E-state index in [-0.39, 0.29) is 10.8 Å². The van der Waals surface area contributed by atoms with Gasteiger partial charge in [0, 0.05) is 50.6 Å². The lowest BCUT2D eigenvalue weighted by atomic mass is 10.1. The number of carbonyl (C=O) groups is 2. The van der Waals surface area contributed by atoms with Crippen LogP contribution in [0.1, 0.15) is 22.8 Å². The van der Waals surface area contributed by atoms with Gasteiger partial charge in [-0.15, -0.1) is 0 Å². The number of hydrogen-bond acceptors (Lipinski definition) is 6. The minimum absolute atomic E-state index is 0.124. The average molecular weight is 593 g/mol.